The van der Waals surface area contributed by atoms with E-state index in [1.807, 2.05) is 7.05 Å². The minimum absolute atomic E-state index is 1.13. The molecule has 0 unspecified atom stereocenters. The SMILES string of the molecule is CNc1ccc(C2=C3C=CC(=[N+](C)C)C=C3S(C)(C)c3cc(N(C)C)ccc32)cc1. The van der Waals surface area contributed by atoms with Crippen LogP contribution in [0.3, 0.4) is 0 Å². The molecule has 1 aliphatic heterocycles. The van der Waals surface area contributed by atoms with Gasteiger partial charge in [-0.15, -0.1) is 0 Å². The number of hydrogen-bond donors (Lipinski definition) is 1. The van der Waals surface area contributed by atoms with Gasteiger partial charge in [-0.05, 0) is 65.1 Å². The van der Waals surface area contributed by atoms with E-state index in [1.54, 1.807) is 0 Å². The summed E-state index contributed by atoms with van der Waals surface area (Å²) >= 11 is 0. The summed E-state index contributed by atoms with van der Waals surface area (Å²) in [7, 11) is 9.28. The Labute approximate surface area is 182 Å². The molecule has 2 aromatic carbocycles. The highest BCUT2D eigenvalue weighted by molar-refractivity contribution is 8.36. The zero-order valence-electron chi connectivity index (χ0n) is 19.1. The third kappa shape index (κ3) is 3.29. The van der Waals surface area contributed by atoms with Gasteiger partial charge in [0.05, 0.1) is 0 Å². The van der Waals surface area contributed by atoms with Crippen molar-refractivity contribution in [2.24, 2.45) is 0 Å². The normalized spacial score (nSPS) is 17.7. The maximum absolute atomic E-state index is 3.23. The van der Waals surface area contributed by atoms with Crippen LogP contribution in [0.25, 0.3) is 5.57 Å². The van der Waals surface area contributed by atoms with E-state index in [9.17, 15) is 0 Å². The van der Waals surface area contributed by atoms with E-state index in [4.69, 9.17) is 0 Å². The van der Waals surface area contributed by atoms with Crippen molar-refractivity contribution in [2.75, 3.05) is 58.0 Å². The van der Waals surface area contributed by atoms with Crippen molar-refractivity contribution >= 4 is 32.7 Å². The average Bonchev–Trinajstić information content (AvgIpc) is 2.74. The zero-order chi connectivity index (χ0) is 21.6. The van der Waals surface area contributed by atoms with Gasteiger partial charge in [0.2, 0.25) is 5.71 Å². The minimum Gasteiger partial charge on any atom is -0.388 e. The fraction of sp³-hybridized carbons (Fsp3) is 0.269. The summed E-state index contributed by atoms with van der Waals surface area (Å²) in [6, 6.07) is 15.8. The number of hydrogen-bond acceptors (Lipinski definition) is 2. The molecule has 3 nitrogen and oxygen atoms in total. The third-order valence-corrected chi connectivity index (χ3v) is 8.94. The summed E-state index contributed by atoms with van der Waals surface area (Å²) in [6.07, 6.45) is 11.8. The topological polar surface area (TPSA) is 18.3 Å². The summed E-state index contributed by atoms with van der Waals surface area (Å²) in [5, 5.41) is 3.23. The smallest absolute Gasteiger partial charge is 0.200 e. The predicted molar refractivity (Wildman–Crippen MR) is 135 cm³/mol. The van der Waals surface area contributed by atoms with Crippen LogP contribution in [0, 0.1) is 0 Å². The molecule has 0 atom stereocenters. The summed E-state index contributed by atoms with van der Waals surface area (Å²) < 4.78 is 2.20. The van der Waals surface area contributed by atoms with Crippen LogP contribution >= 0.6 is 10.0 Å². The van der Waals surface area contributed by atoms with Gasteiger partial charge in [0.25, 0.3) is 0 Å². The Balaban J connectivity index is 2.05. The maximum atomic E-state index is 3.23. The van der Waals surface area contributed by atoms with Crippen LogP contribution in [-0.2, 0) is 0 Å². The molecule has 0 bridgehead atoms. The molecule has 2 aliphatic rings. The van der Waals surface area contributed by atoms with Gasteiger partial charge in [-0.3, -0.25) is 0 Å². The van der Waals surface area contributed by atoms with Crippen molar-refractivity contribution in [3.05, 3.63) is 82.3 Å². The van der Waals surface area contributed by atoms with Gasteiger partial charge in [-0.1, -0.05) is 18.2 Å². The fourth-order valence-corrected chi connectivity index (χ4v) is 6.72. The monoisotopic (exact) mass is 418 g/mol. The Bertz CT molecular complexity index is 1130. The molecule has 1 heterocycles. The molecule has 2 aromatic rings. The maximum Gasteiger partial charge on any atom is 0.200 e. The summed E-state index contributed by atoms with van der Waals surface area (Å²) in [5.74, 6) is 0. The van der Waals surface area contributed by atoms with Crippen molar-refractivity contribution < 1.29 is 4.58 Å². The molecule has 0 radical (unpaired) electrons. The zero-order valence-corrected chi connectivity index (χ0v) is 19.9. The molecule has 156 valence electrons. The van der Waals surface area contributed by atoms with Crippen molar-refractivity contribution in [1.82, 2.24) is 0 Å². The van der Waals surface area contributed by atoms with Gasteiger partial charge < -0.3 is 10.2 Å². The lowest BCUT2D eigenvalue weighted by Crippen LogP contribution is -2.19. The second-order valence-corrected chi connectivity index (χ2v) is 12.2. The van der Waals surface area contributed by atoms with Crippen LogP contribution < -0.4 is 10.2 Å². The number of nitrogens with one attached hydrogen (secondary N) is 1. The molecule has 0 aromatic heterocycles. The Morgan fingerprint density at radius 1 is 0.933 bits per heavy atom. The number of benzene rings is 2. The Morgan fingerprint density at radius 3 is 2.23 bits per heavy atom. The number of rotatable bonds is 3. The third-order valence-electron chi connectivity index (χ3n) is 6.06. The number of anilines is 2. The van der Waals surface area contributed by atoms with Crippen LogP contribution in [0.4, 0.5) is 11.4 Å². The van der Waals surface area contributed by atoms with Gasteiger partial charge in [0.1, 0.15) is 14.1 Å². The quantitative estimate of drug-likeness (QED) is 0.691. The first-order valence-corrected chi connectivity index (χ1v) is 12.7. The lowest BCUT2D eigenvalue weighted by atomic mass is 9.89. The van der Waals surface area contributed by atoms with Crippen LogP contribution in [-0.4, -0.2) is 58.0 Å². The minimum atomic E-state index is -1.15. The van der Waals surface area contributed by atoms with E-state index in [-0.39, 0.29) is 0 Å². The molecule has 0 spiro atoms. The molecule has 1 N–H and O–H groups in total. The largest absolute Gasteiger partial charge is 0.388 e. The van der Waals surface area contributed by atoms with Gasteiger partial charge >= 0.3 is 0 Å². The van der Waals surface area contributed by atoms with Gasteiger partial charge in [0, 0.05) is 54.5 Å². The molecule has 4 rings (SSSR count). The van der Waals surface area contributed by atoms with E-state index in [0.717, 1.165) is 5.69 Å². The Kier molecular flexibility index (Phi) is 5.15. The standard InChI is InChI=1S/C26H31N3S/c1-27-19-10-8-18(9-11-19)26-22-14-12-20(28(2)3)16-24(22)30(6,7)25-17-21(29(4)5)13-15-23(25)26/h8-17H,1-7H3/p+1. The summed E-state index contributed by atoms with van der Waals surface area (Å²) in [4.78, 5) is 5.12. The molecular formula is C26H32N3S+. The van der Waals surface area contributed by atoms with Gasteiger partial charge in [-0.2, -0.15) is 10.0 Å². The van der Waals surface area contributed by atoms with Crippen molar-refractivity contribution in [1.29, 1.82) is 0 Å². The molecular weight excluding hydrogens is 386 g/mol. The highest BCUT2D eigenvalue weighted by Gasteiger charge is 2.35. The van der Waals surface area contributed by atoms with Crippen LogP contribution in [0.15, 0.2) is 76.1 Å². The molecule has 0 amide bonds. The summed E-state index contributed by atoms with van der Waals surface area (Å²) in [5.41, 5.74) is 8.97. The Morgan fingerprint density at radius 2 is 1.63 bits per heavy atom. The highest BCUT2D eigenvalue weighted by Crippen LogP contribution is 2.66. The van der Waals surface area contributed by atoms with E-state index < -0.39 is 10.0 Å². The molecule has 0 saturated heterocycles. The summed E-state index contributed by atoms with van der Waals surface area (Å²) in [6.45, 7) is 0. The molecule has 0 saturated carbocycles. The van der Waals surface area contributed by atoms with Gasteiger partial charge in [0.15, 0.2) is 0 Å². The predicted octanol–water partition coefficient (Wildman–Crippen LogP) is 5.20. The Hall–Kier alpha value is -2.72. The van der Waals surface area contributed by atoms with Gasteiger partial charge in [-0.25, -0.2) is 4.58 Å². The molecule has 1 aliphatic carbocycles. The average molecular weight is 419 g/mol. The second kappa shape index (κ2) is 7.51. The number of allylic oxidation sites excluding steroid dienone is 4. The number of nitrogens with zero attached hydrogens (tertiary/aromatic N) is 2. The first-order valence-electron chi connectivity index (χ1n) is 10.3. The highest BCUT2D eigenvalue weighted by atomic mass is 32.3. The molecule has 0 fully saturated rings. The van der Waals surface area contributed by atoms with Crippen molar-refractivity contribution in [3.63, 3.8) is 0 Å². The van der Waals surface area contributed by atoms with E-state index in [2.05, 4.69) is 116 Å². The van der Waals surface area contributed by atoms with Crippen LogP contribution in [0.2, 0.25) is 0 Å². The fourth-order valence-electron chi connectivity index (χ4n) is 4.21. The molecule has 4 heteroatoms. The molecule has 30 heavy (non-hydrogen) atoms. The van der Waals surface area contributed by atoms with Crippen molar-refractivity contribution in [3.8, 4) is 0 Å². The lowest BCUT2D eigenvalue weighted by Gasteiger charge is -2.43. The first-order chi connectivity index (χ1) is 14.2. The number of fused-ring (bicyclic) bond motifs is 2. The lowest BCUT2D eigenvalue weighted by molar-refractivity contribution is -0.462. The van der Waals surface area contributed by atoms with E-state index in [1.165, 1.54) is 43.5 Å². The first kappa shape index (κ1) is 20.5. The van der Waals surface area contributed by atoms with Crippen LogP contribution in [0.1, 0.15) is 11.1 Å². The van der Waals surface area contributed by atoms with Crippen LogP contribution in [0.5, 0.6) is 0 Å². The van der Waals surface area contributed by atoms with E-state index >= 15 is 0 Å². The van der Waals surface area contributed by atoms with E-state index in [0.29, 0.717) is 0 Å². The second-order valence-electron chi connectivity index (χ2n) is 8.68. The van der Waals surface area contributed by atoms with Crippen molar-refractivity contribution in [2.45, 2.75) is 4.90 Å².